The summed E-state index contributed by atoms with van der Waals surface area (Å²) in [5.41, 5.74) is 0. The zero-order chi connectivity index (χ0) is 10.0. The molecule has 1 aliphatic rings. The molecule has 1 rings (SSSR count). The normalized spacial score (nSPS) is 35.0. The van der Waals surface area contributed by atoms with Crippen molar-refractivity contribution in [3.05, 3.63) is 0 Å². The quantitative estimate of drug-likeness (QED) is 0.708. The van der Waals surface area contributed by atoms with Gasteiger partial charge in [0.15, 0.2) is 12.1 Å². The summed E-state index contributed by atoms with van der Waals surface area (Å²) in [6.45, 7) is 5.75. The number of hydrogen-bond donors (Lipinski definition) is 1. The zero-order valence-corrected chi connectivity index (χ0v) is 8.49. The highest BCUT2D eigenvalue weighted by atomic mass is 16.6. The maximum absolute atomic E-state index is 11.6. The van der Waals surface area contributed by atoms with Gasteiger partial charge >= 0.3 is 0 Å². The van der Waals surface area contributed by atoms with Gasteiger partial charge in [0.25, 0.3) is 0 Å². The van der Waals surface area contributed by atoms with E-state index in [4.69, 9.17) is 4.74 Å². The van der Waals surface area contributed by atoms with Crippen LogP contribution in [0.5, 0.6) is 0 Å². The molecule has 3 nitrogen and oxygen atoms in total. The Morgan fingerprint density at radius 3 is 2.54 bits per heavy atom. The highest BCUT2D eigenvalue weighted by Gasteiger charge is 2.31. The number of aliphatic hydroxyl groups excluding tert-OH is 1. The van der Waals surface area contributed by atoms with Crippen LogP contribution in [-0.2, 0) is 9.53 Å². The summed E-state index contributed by atoms with van der Waals surface area (Å²) in [4.78, 5) is 11.6. The molecule has 1 heterocycles. The number of aliphatic hydroxyl groups is 1. The van der Waals surface area contributed by atoms with Gasteiger partial charge in [-0.3, -0.25) is 4.79 Å². The summed E-state index contributed by atoms with van der Waals surface area (Å²) in [6, 6.07) is 0. The fourth-order valence-electron chi connectivity index (χ4n) is 1.66. The minimum absolute atomic E-state index is 0.0116. The Morgan fingerprint density at radius 1 is 1.46 bits per heavy atom. The molecule has 3 atom stereocenters. The molecule has 0 radical (unpaired) electrons. The highest BCUT2D eigenvalue weighted by molar-refractivity contribution is 5.84. The van der Waals surface area contributed by atoms with Crippen LogP contribution >= 0.6 is 0 Å². The molecule has 0 bridgehead atoms. The molecule has 3 heteroatoms. The van der Waals surface area contributed by atoms with E-state index in [1.54, 1.807) is 0 Å². The number of hydrogen-bond acceptors (Lipinski definition) is 3. The number of ketones is 1. The highest BCUT2D eigenvalue weighted by Crippen LogP contribution is 2.25. The van der Waals surface area contributed by atoms with Crippen LogP contribution in [0.1, 0.15) is 33.6 Å². The van der Waals surface area contributed by atoms with E-state index in [2.05, 4.69) is 0 Å². The summed E-state index contributed by atoms with van der Waals surface area (Å²) < 4.78 is 5.19. The fraction of sp³-hybridized carbons (Fsp3) is 0.900. The predicted molar refractivity (Wildman–Crippen MR) is 49.1 cm³/mol. The Balaban J connectivity index is 2.55. The molecule has 13 heavy (non-hydrogen) atoms. The minimum atomic E-state index is -0.753. The maximum Gasteiger partial charge on any atom is 0.164 e. The van der Waals surface area contributed by atoms with E-state index in [9.17, 15) is 9.90 Å². The van der Waals surface area contributed by atoms with Gasteiger partial charge in [-0.2, -0.15) is 0 Å². The van der Waals surface area contributed by atoms with Crippen molar-refractivity contribution in [3.63, 3.8) is 0 Å². The van der Waals surface area contributed by atoms with Crippen molar-refractivity contribution < 1.29 is 14.6 Å². The van der Waals surface area contributed by atoms with Crippen molar-refractivity contribution in [1.82, 2.24) is 0 Å². The monoisotopic (exact) mass is 186 g/mol. The molecule has 0 aliphatic carbocycles. The second-order valence-electron chi connectivity index (χ2n) is 4.21. The van der Waals surface area contributed by atoms with E-state index in [0.29, 0.717) is 12.3 Å². The van der Waals surface area contributed by atoms with Gasteiger partial charge in [0, 0.05) is 12.3 Å². The van der Waals surface area contributed by atoms with Crippen LogP contribution in [0, 0.1) is 11.8 Å². The molecule has 1 saturated heterocycles. The lowest BCUT2D eigenvalue weighted by molar-refractivity contribution is -0.184. The molecule has 0 spiro atoms. The Labute approximate surface area is 79.1 Å². The lowest BCUT2D eigenvalue weighted by atomic mass is 9.91. The van der Waals surface area contributed by atoms with Crippen LogP contribution in [0.15, 0.2) is 0 Å². The molecule has 1 N–H and O–H groups in total. The van der Waals surface area contributed by atoms with Crippen molar-refractivity contribution in [2.75, 3.05) is 0 Å². The van der Waals surface area contributed by atoms with Gasteiger partial charge in [0.05, 0.1) is 0 Å². The SMILES string of the molecule is CC(C)C(=O)[C@H]1C[C@H](C)CC(O)O1. The number of carbonyl (C=O) groups is 1. The van der Waals surface area contributed by atoms with E-state index in [-0.39, 0.29) is 11.7 Å². The van der Waals surface area contributed by atoms with Gasteiger partial charge in [0.1, 0.15) is 6.10 Å². The van der Waals surface area contributed by atoms with Gasteiger partial charge in [-0.15, -0.1) is 0 Å². The van der Waals surface area contributed by atoms with Gasteiger partial charge in [-0.1, -0.05) is 20.8 Å². The molecule has 1 unspecified atom stereocenters. The first kappa shape index (κ1) is 10.7. The number of ether oxygens (including phenoxy) is 1. The average molecular weight is 186 g/mol. The van der Waals surface area contributed by atoms with E-state index >= 15 is 0 Å². The molecule has 76 valence electrons. The summed E-state index contributed by atoms with van der Waals surface area (Å²) in [5, 5.41) is 9.31. The smallest absolute Gasteiger partial charge is 0.164 e. The third kappa shape index (κ3) is 2.78. The zero-order valence-electron chi connectivity index (χ0n) is 8.49. The number of carbonyl (C=O) groups excluding carboxylic acids is 1. The van der Waals surface area contributed by atoms with Crippen molar-refractivity contribution in [2.45, 2.75) is 46.0 Å². The molecule has 0 aromatic rings. The van der Waals surface area contributed by atoms with Crippen LogP contribution in [-0.4, -0.2) is 23.3 Å². The standard InChI is InChI=1S/C10H18O3/c1-6(2)10(12)8-4-7(3)5-9(11)13-8/h6-9,11H,4-5H2,1-3H3/t7-,8+,9?/m0/s1. The first-order valence-electron chi connectivity index (χ1n) is 4.88. The van der Waals surface area contributed by atoms with Gasteiger partial charge in [-0.05, 0) is 12.3 Å². The Morgan fingerprint density at radius 2 is 2.08 bits per heavy atom. The average Bonchev–Trinajstić information content (AvgIpc) is 2.01. The molecule has 1 fully saturated rings. The molecule has 0 amide bonds. The van der Waals surface area contributed by atoms with Crippen molar-refractivity contribution >= 4 is 5.78 Å². The van der Waals surface area contributed by atoms with E-state index in [1.165, 1.54) is 0 Å². The first-order chi connectivity index (χ1) is 6.00. The predicted octanol–water partition coefficient (Wildman–Crippen LogP) is 1.34. The molecule has 0 aromatic carbocycles. The first-order valence-corrected chi connectivity index (χ1v) is 4.88. The van der Waals surface area contributed by atoms with E-state index < -0.39 is 12.4 Å². The maximum atomic E-state index is 11.6. The van der Waals surface area contributed by atoms with Crippen LogP contribution in [0.4, 0.5) is 0 Å². The largest absolute Gasteiger partial charge is 0.368 e. The molecule has 0 aromatic heterocycles. The van der Waals surface area contributed by atoms with Crippen LogP contribution < -0.4 is 0 Å². The molecule has 0 saturated carbocycles. The summed E-state index contributed by atoms with van der Waals surface area (Å²) >= 11 is 0. The molecular weight excluding hydrogens is 168 g/mol. The summed E-state index contributed by atoms with van der Waals surface area (Å²) in [7, 11) is 0. The van der Waals surface area contributed by atoms with E-state index in [0.717, 1.165) is 6.42 Å². The van der Waals surface area contributed by atoms with E-state index in [1.807, 2.05) is 20.8 Å². The topological polar surface area (TPSA) is 46.5 Å². The second-order valence-corrected chi connectivity index (χ2v) is 4.21. The van der Waals surface area contributed by atoms with Crippen molar-refractivity contribution in [1.29, 1.82) is 0 Å². The Bertz CT molecular complexity index is 179. The second kappa shape index (κ2) is 4.20. The third-order valence-corrected chi connectivity index (χ3v) is 2.43. The third-order valence-electron chi connectivity index (χ3n) is 2.43. The number of Topliss-reactive ketones (excluding diaryl/α,β-unsaturated/α-hetero) is 1. The summed E-state index contributed by atoms with van der Waals surface area (Å²) in [6.07, 6.45) is 0.242. The fourth-order valence-corrected chi connectivity index (χ4v) is 1.66. The van der Waals surface area contributed by atoms with Crippen LogP contribution in [0.2, 0.25) is 0 Å². The van der Waals surface area contributed by atoms with Crippen molar-refractivity contribution in [2.24, 2.45) is 11.8 Å². The molecule has 1 aliphatic heterocycles. The van der Waals surface area contributed by atoms with Gasteiger partial charge in [-0.25, -0.2) is 0 Å². The lowest BCUT2D eigenvalue weighted by Gasteiger charge is -2.30. The lowest BCUT2D eigenvalue weighted by Crippen LogP contribution is -2.38. The van der Waals surface area contributed by atoms with Gasteiger partial charge in [0.2, 0.25) is 0 Å². The summed E-state index contributed by atoms with van der Waals surface area (Å²) in [5.74, 6) is 0.463. The van der Waals surface area contributed by atoms with Gasteiger partial charge < -0.3 is 9.84 Å². The minimum Gasteiger partial charge on any atom is -0.368 e. The Hall–Kier alpha value is -0.410. The number of rotatable bonds is 2. The Kier molecular flexibility index (Phi) is 3.45. The van der Waals surface area contributed by atoms with Crippen LogP contribution in [0.3, 0.4) is 0 Å². The van der Waals surface area contributed by atoms with Crippen molar-refractivity contribution in [3.8, 4) is 0 Å². The van der Waals surface area contributed by atoms with Crippen LogP contribution in [0.25, 0.3) is 0 Å². The molecular formula is C10H18O3.